The minimum absolute atomic E-state index is 0.00137. The van der Waals surface area contributed by atoms with Gasteiger partial charge in [0, 0.05) is 30.2 Å². The SMILES string of the molecule is CC(C)C(C)N(C)C(=O)C(N)Cc1c[nH]c2ccccc12. The van der Waals surface area contributed by atoms with Crippen LogP contribution in [0.15, 0.2) is 30.5 Å². The second-order valence-corrected chi connectivity index (χ2v) is 6.10. The van der Waals surface area contributed by atoms with E-state index in [2.05, 4.69) is 31.8 Å². The molecular formula is C17H25N3O. The zero-order valence-corrected chi connectivity index (χ0v) is 13.3. The maximum Gasteiger partial charge on any atom is 0.239 e. The second kappa shape index (κ2) is 6.31. The predicted octanol–water partition coefficient (Wildman–Crippen LogP) is 2.54. The molecule has 0 radical (unpaired) electrons. The van der Waals surface area contributed by atoms with E-state index < -0.39 is 6.04 Å². The second-order valence-electron chi connectivity index (χ2n) is 6.10. The summed E-state index contributed by atoms with van der Waals surface area (Å²) in [5, 5.41) is 1.14. The highest BCUT2D eigenvalue weighted by Gasteiger charge is 2.24. The Labute approximate surface area is 126 Å². The highest BCUT2D eigenvalue weighted by molar-refractivity contribution is 5.86. The molecule has 2 aromatic rings. The summed E-state index contributed by atoms with van der Waals surface area (Å²) in [6.45, 7) is 6.28. The normalized spacial score (nSPS) is 14.4. The van der Waals surface area contributed by atoms with Gasteiger partial charge in [-0.1, -0.05) is 32.0 Å². The van der Waals surface area contributed by atoms with Crippen LogP contribution in [-0.2, 0) is 11.2 Å². The molecule has 2 atom stereocenters. The minimum atomic E-state index is -0.504. The molecule has 0 aliphatic rings. The number of hydrogen-bond donors (Lipinski definition) is 2. The van der Waals surface area contributed by atoms with Crippen molar-refractivity contribution in [3.05, 3.63) is 36.0 Å². The molecule has 3 N–H and O–H groups in total. The van der Waals surface area contributed by atoms with E-state index in [4.69, 9.17) is 5.73 Å². The first kappa shape index (κ1) is 15.6. The molecule has 1 aromatic carbocycles. The van der Waals surface area contributed by atoms with Crippen LogP contribution >= 0.6 is 0 Å². The van der Waals surface area contributed by atoms with Gasteiger partial charge in [-0.05, 0) is 30.9 Å². The average molecular weight is 287 g/mol. The van der Waals surface area contributed by atoms with E-state index in [0.29, 0.717) is 12.3 Å². The molecule has 2 rings (SSSR count). The van der Waals surface area contributed by atoms with Crippen molar-refractivity contribution in [1.82, 2.24) is 9.88 Å². The average Bonchev–Trinajstić information content (AvgIpc) is 2.88. The molecule has 21 heavy (non-hydrogen) atoms. The first-order valence-corrected chi connectivity index (χ1v) is 7.49. The van der Waals surface area contributed by atoms with Crippen molar-refractivity contribution in [1.29, 1.82) is 0 Å². The van der Waals surface area contributed by atoms with Crippen LogP contribution in [0.25, 0.3) is 10.9 Å². The van der Waals surface area contributed by atoms with Crippen molar-refractivity contribution in [3.8, 4) is 0 Å². The van der Waals surface area contributed by atoms with Gasteiger partial charge >= 0.3 is 0 Å². The summed E-state index contributed by atoms with van der Waals surface area (Å²) < 4.78 is 0. The minimum Gasteiger partial charge on any atom is -0.361 e. The van der Waals surface area contributed by atoms with Crippen LogP contribution in [0.1, 0.15) is 26.3 Å². The van der Waals surface area contributed by atoms with Crippen LogP contribution < -0.4 is 5.73 Å². The molecule has 0 saturated heterocycles. The number of benzene rings is 1. The van der Waals surface area contributed by atoms with E-state index in [1.165, 1.54) is 0 Å². The van der Waals surface area contributed by atoms with E-state index in [0.717, 1.165) is 16.5 Å². The van der Waals surface area contributed by atoms with Gasteiger partial charge in [-0.3, -0.25) is 4.79 Å². The van der Waals surface area contributed by atoms with Crippen molar-refractivity contribution >= 4 is 16.8 Å². The number of amides is 1. The Bertz CT molecular complexity index is 617. The number of rotatable bonds is 5. The quantitative estimate of drug-likeness (QED) is 0.887. The zero-order chi connectivity index (χ0) is 15.6. The number of likely N-dealkylation sites (N-methyl/N-ethyl adjacent to an activating group) is 1. The number of nitrogens with two attached hydrogens (primary N) is 1. The third-order valence-corrected chi connectivity index (χ3v) is 4.36. The van der Waals surface area contributed by atoms with Gasteiger partial charge in [0.05, 0.1) is 6.04 Å². The third kappa shape index (κ3) is 3.27. The summed E-state index contributed by atoms with van der Waals surface area (Å²) in [6.07, 6.45) is 2.50. The molecule has 114 valence electrons. The summed E-state index contributed by atoms with van der Waals surface area (Å²) in [4.78, 5) is 17.4. The lowest BCUT2D eigenvalue weighted by atomic mass is 10.0. The fourth-order valence-electron chi connectivity index (χ4n) is 2.53. The first-order chi connectivity index (χ1) is 9.91. The summed E-state index contributed by atoms with van der Waals surface area (Å²) in [6, 6.07) is 7.76. The zero-order valence-electron chi connectivity index (χ0n) is 13.3. The number of fused-ring (bicyclic) bond motifs is 1. The number of carbonyl (C=O) groups excluding carboxylic acids is 1. The summed E-state index contributed by atoms with van der Waals surface area (Å²) in [5.74, 6) is 0.417. The molecule has 1 amide bonds. The fourth-order valence-corrected chi connectivity index (χ4v) is 2.53. The van der Waals surface area contributed by atoms with Crippen LogP contribution in [0, 0.1) is 5.92 Å². The monoisotopic (exact) mass is 287 g/mol. The standard InChI is InChI=1S/C17H25N3O/c1-11(2)12(3)20(4)17(21)15(18)9-13-10-19-16-8-6-5-7-14(13)16/h5-8,10-12,15,19H,9,18H2,1-4H3. The molecule has 1 heterocycles. The number of H-pyrrole nitrogens is 1. The number of aromatic amines is 1. The highest BCUT2D eigenvalue weighted by Crippen LogP contribution is 2.19. The molecule has 2 unspecified atom stereocenters. The van der Waals surface area contributed by atoms with Crippen molar-refractivity contribution in [3.63, 3.8) is 0 Å². The third-order valence-electron chi connectivity index (χ3n) is 4.36. The van der Waals surface area contributed by atoms with Gasteiger partial charge in [-0.2, -0.15) is 0 Å². The van der Waals surface area contributed by atoms with E-state index in [1.807, 2.05) is 31.4 Å². The van der Waals surface area contributed by atoms with E-state index >= 15 is 0 Å². The van der Waals surface area contributed by atoms with Crippen LogP contribution in [0.5, 0.6) is 0 Å². The van der Waals surface area contributed by atoms with Gasteiger partial charge in [0.25, 0.3) is 0 Å². The van der Waals surface area contributed by atoms with Crippen LogP contribution in [0.2, 0.25) is 0 Å². The van der Waals surface area contributed by atoms with E-state index in [-0.39, 0.29) is 11.9 Å². The number of para-hydroxylation sites is 1. The Kier molecular flexibility index (Phi) is 4.68. The van der Waals surface area contributed by atoms with E-state index in [9.17, 15) is 4.79 Å². The lowest BCUT2D eigenvalue weighted by Crippen LogP contribution is -2.48. The summed E-state index contributed by atoms with van der Waals surface area (Å²) in [7, 11) is 1.84. The molecule has 0 aliphatic heterocycles. The van der Waals surface area contributed by atoms with Gasteiger partial charge in [0.2, 0.25) is 5.91 Å². The van der Waals surface area contributed by atoms with Crippen LogP contribution in [0.3, 0.4) is 0 Å². The Morgan fingerprint density at radius 3 is 2.62 bits per heavy atom. The molecule has 0 fully saturated rings. The van der Waals surface area contributed by atoms with Crippen LogP contribution in [0.4, 0.5) is 0 Å². The Morgan fingerprint density at radius 2 is 1.95 bits per heavy atom. The number of nitrogens with zero attached hydrogens (tertiary/aromatic N) is 1. The van der Waals surface area contributed by atoms with Gasteiger partial charge in [0.15, 0.2) is 0 Å². The van der Waals surface area contributed by atoms with Gasteiger partial charge in [-0.15, -0.1) is 0 Å². The maximum absolute atomic E-state index is 12.4. The Morgan fingerprint density at radius 1 is 1.29 bits per heavy atom. The first-order valence-electron chi connectivity index (χ1n) is 7.49. The number of nitrogens with one attached hydrogen (secondary N) is 1. The van der Waals surface area contributed by atoms with Crippen molar-refractivity contribution in [2.24, 2.45) is 11.7 Å². The Hall–Kier alpha value is -1.81. The number of aromatic nitrogens is 1. The van der Waals surface area contributed by atoms with Gasteiger partial charge in [0.1, 0.15) is 0 Å². The molecule has 1 aromatic heterocycles. The Balaban J connectivity index is 2.10. The topological polar surface area (TPSA) is 62.1 Å². The van der Waals surface area contributed by atoms with Crippen molar-refractivity contribution < 1.29 is 4.79 Å². The molecular weight excluding hydrogens is 262 g/mol. The molecule has 0 aliphatic carbocycles. The fraction of sp³-hybridized carbons (Fsp3) is 0.471. The summed E-state index contributed by atoms with van der Waals surface area (Å²) >= 11 is 0. The smallest absolute Gasteiger partial charge is 0.239 e. The molecule has 4 nitrogen and oxygen atoms in total. The molecule has 4 heteroatoms. The highest BCUT2D eigenvalue weighted by atomic mass is 16.2. The van der Waals surface area contributed by atoms with E-state index in [1.54, 1.807) is 4.90 Å². The molecule has 0 saturated carbocycles. The molecule has 0 bridgehead atoms. The van der Waals surface area contributed by atoms with Crippen molar-refractivity contribution in [2.75, 3.05) is 7.05 Å². The number of hydrogen-bond acceptors (Lipinski definition) is 2. The van der Waals surface area contributed by atoms with Gasteiger partial charge in [-0.25, -0.2) is 0 Å². The van der Waals surface area contributed by atoms with Crippen LogP contribution in [-0.4, -0.2) is 34.9 Å². The number of carbonyl (C=O) groups is 1. The molecule has 0 spiro atoms. The predicted molar refractivity (Wildman–Crippen MR) is 87.0 cm³/mol. The maximum atomic E-state index is 12.4. The van der Waals surface area contributed by atoms with Crippen molar-refractivity contribution in [2.45, 2.75) is 39.3 Å². The van der Waals surface area contributed by atoms with Gasteiger partial charge < -0.3 is 15.6 Å². The lowest BCUT2D eigenvalue weighted by Gasteiger charge is -2.30. The summed E-state index contributed by atoms with van der Waals surface area (Å²) in [5.41, 5.74) is 8.31. The largest absolute Gasteiger partial charge is 0.361 e. The lowest BCUT2D eigenvalue weighted by molar-refractivity contribution is -0.133.